The van der Waals surface area contributed by atoms with Crippen molar-refractivity contribution in [3.05, 3.63) is 0 Å². The van der Waals surface area contributed by atoms with Crippen molar-refractivity contribution in [3.63, 3.8) is 0 Å². The molecule has 0 saturated heterocycles. The van der Waals surface area contributed by atoms with E-state index in [-0.39, 0.29) is 49.4 Å². The second-order valence-electron chi connectivity index (χ2n) is 1.90. The normalized spacial score (nSPS) is 11.0. The first-order valence-corrected chi connectivity index (χ1v) is 5.24. The molecule has 0 fully saturated rings. The maximum absolute atomic E-state index is 10.7. The smallest absolute Gasteiger partial charge is 0.379 e. The van der Waals surface area contributed by atoms with Gasteiger partial charge in [-0.05, 0) is 13.8 Å². The van der Waals surface area contributed by atoms with Gasteiger partial charge in [0.1, 0.15) is 6.61 Å². The minimum atomic E-state index is -4.00. The van der Waals surface area contributed by atoms with Crippen LogP contribution in [0.25, 0.3) is 0 Å². The van der Waals surface area contributed by atoms with Gasteiger partial charge in [0.15, 0.2) is 0 Å². The van der Waals surface area contributed by atoms with Gasteiger partial charge in [0.05, 0.1) is 13.2 Å². The van der Waals surface area contributed by atoms with Crippen LogP contribution in [0.3, 0.4) is 0 Å². The van der Waals surface area contributed by atoms with Gasteiger partial charge in [-0.3, -0.25) is 0 Å². The average Bonchev–Trinajstić information content (AvgIpc) is 2.04. The Hall–Kier alpha value is 0.790. The Morgan fingerprint density at radius 1 is 1.07 bits per heavy atom. The van der Waals surface area contributed by atoms with E-state index in [1.54, 1.807) is 0 Å². The summed E-state index contributed by atoms with van der Waals surface area (Å²) in [6.45, 7) is 4.22. The Balaban J connectivity index is 0. The minimum Gasteiger partial charge on any atom is -0.379 e. The van der Waals surface area contributed by atoms with Crippen LogP contribution in [-0.4, -0.2) is 64.4 Å². The van der Waals surface area contributed by atoms with E-state index in [2.05, 4.69) is 13.4 Å². The van der Waals surface area contributed by atoms with Crippen LogP contribution in [0.15, 0.2) is 0 Å². The molecular formula is C6H14NaO6S. The van der Waals surface area contributed by atoms with Gasteiger partial charge < -0.3 is 4.74 Å². The van der Waals surface area contributed by atoms with Gasteiger partial charge in [-0.15, -0.1) is 0 Å². The third-order valence-electron chi connectivity index (χ3n) is 0.909. The quantitative estimate of drug-likeness (QED) is 0.253. The van der Waals surface area contributed by atoms with Gasteiger partial charge in [-0.1, -0.05) is 4.33 Å². The van der Waals surface area contributed by atoms with Gasteiger partial charge in [0.2, 0.25) is 0 Å². The first-order valence-electron chi connectivity index (χ1n) is 3.90. The molecule has 0 heterocycles. The summed E-state index contributed by atoms with van der Waals surface area (Å²) in [5, 5.41) is 0. The molecule has 0 aliphatic rings. The summed E-state index contributed by atoms with van der Waals surface area (Å²) in [5.41, 5.74) is 0. The molecule has 0 rings (SSSR count). The minimum absolute atomic E-state index is 0. The second kappa shape index (κ2) is 10.3. The summed E-state index contributed by atoms with van der Waals surface area (Å²) in [6, 6.07) is 0. The van der Waals surface area contributed by atoms with E-state index in [0.29, 0.717) is 6.61 Å². The molecule has 0 bridgehead atoms. The molecule has 0 aliphatic carbocycles. The van der Waals surface area contributed by atoms with Crippen molar-refractivity contribution in [2.45, 2.75) is 13.8 Å². The molecular weight excluding hydrogens is 223 g/mol. The molecule has 0 unspecified atom stereocenters. The number of hydrogen-bond acceptors (Lipinski definition) is 6. The van der Waals surface area contributed by atoms with Crippen molar-refractivity contribution in [2.24, 2.45) is 0 Å². The Kier molecular flexibility index (Phi) is 12.7. The SMILES string of the molecule is CCOCCOOS(=O)(=O)OCC.[Na]. The summed E-state index contributed by atoms with van der Waals surface area (Å²) in [7, 11) is -4.00. The van der Waals surface area contributed by atoms with Crippen LogP contribution < -0.4 is 0 Å². The van der Waals surface area contributed by atoms with Crippen LogP contribution in [0.4, 0.5) is 0 Å². The molecule has 8 heteroatoms. The summed E-state index contributed by atoms with van der Waals surface area (Å²) < 4.78 is 34.4. The maximum Gasteiger partial charge on any atom is 0.426 e. The predicted molar refractivity (Wildman–Crippen MR) is 49.8 cm³/mol. The molecule has 0 amide bonds. The van der Waals surface area contributed by atoms with E-state index >= 15 is 0 Å². The van der Waals surface area contributed by atoms with Crippen LogP contribution in [0.2, 0.25) is 0 Å². The Morgan fingerprint density at radius 2 is 1.71 bits per heavy atom. The molecule has 0 aromatic rings. The molecule has 0 saturated carbocycles. The molecule has 0 N–H and O–H groups in total. The molecule has 0 spiro atoms. The fourth-order valence-corrected chi connectivity index (χ4v) is 1.01. The largest absolute Gasteiger partial charge is 0.426 e. The topological polar surface area (TPSA) is 71.1 Å². The molecule has 0 aromatic heterocycles. The molecule has 6 nitrogen and oxygen atoms in total. The van der Waals surface area contributed by atoms with E-state index in [1.165, 1.54) is 6.92 Å². The Bertz CT molecular complexity index is 204. The van der Waals surface area contributed by atoms with E-state index in [1.807, 2.05) is 6.92 Å². The number of hydrogen-bond donors (Lipinski definition) is 0. The van der Waals surface area contributed by atoms with Gasteiger partial charge in [0.25, 0.3) is 0 Å². The summed E-state index contributed by atoms with van der Waals surface area (Å²) in [4.78, 5) is 4.32. The van der Waals surface area contributed by atoms with E-state index in [9.17, 15) is 8.42 Å². The van der Waals surface area contributed by atoms with Crippen LogP contribution in [0.5, 0.6) is 0 Å². The van der Waals surface area contributed by atoms with E-state index < -0.39 is 10.4 Å². The van der Waals surface area contributed by atoms with E-state index in [4.69, 9.17) is 4.74 Å². The van der Waals surface area contributed by atoms with Crippen molar-refractivity contribution >= 4 is 40.0 Å². The van der Waals surface area contributed by atoms with Gasteiger partial charge in [0, 0.05) is 36.2 Å². The average molecular weight is 237 g/mol. The van der Waals surface area contributed by atoms with Crippen LogP contribution >= 0.6 is 0 Å². The Morgan fingerprint density at radius 3 is 2.21 bits per heavy atom. The fourth-order valence-electron chi connectivity index (χ4n) is 0.494. The predicted octanol–water partition coefficient (Wildman–Crippen LogP) is -0.128. The summed E-state index contributed by atoms with van der Waals surface area (Å²) >= 11 is 0. The molecule has 1 radical (unpaired) electrons. The molecule has 0 aliphatic heterocycles. The van der Waals surface area contributed by atoms with Crippen LogP contribution in [0.1, 0.15) is 13.8 Å². The fraction of sp³-hybridized carbons (Fsp3) is 1.00. The van der Waals surface area contributed by atoms with Gasteiger partial charge in [-0.25, -0.2) is 9.07 Å². The third-order valence-corrected chi connectivity index (χ3v) is 1.70. The summed E-state index contributed by atoms with van der Waals surface area (Å²) in [6.07, 6.45) is 0. The first-order chi connectivity index (χ1) is 6.12. The summed E-state index contributed by atoms with van der Waals surface area (Å²) in [5.74, 6) is 0. The first kappa shape index (κ1) is 17.2. The zero-order valence-electron chi connectivity index (χ0n) is 8.69. The molecule has 81 valence electrons. The zero-order chi connectivity index (χ0) is 10.2. The third kappa shape index (κ3) is 10.9. The molecule has 0 aromatic carbocycles. The molecule has 0 atom stereocenters. The van der Waals surface area contributed by atoms with Gasteiger partial charge in [-0.2, -0.15) is 8.42 Å². The van der Waals surface area contributed by atoms with Crippen LogP contribution in [-0.2, 0) is 28.5 Å². The maximum atomic E-state index is 10.7. The number of ether oxygens (including phenoxy) is 1. The monoisotopic (exact) mass is 237 g/mol. The van der Waals surface area contributed by atoms with Crippen molar-refractivity contribution in [1.82, 2.24) is 0 Å². The Labute approximate surface area is 106 Å². The zero-order valence-corrected chi connectivity index (χ0v) is 11.5. The molecule has 14 heavy (non-hydrogen) atoms. The van der Waals surface area contributed by atoms with Crippen molar-refractivity contribution in [1.29, 1.82) is 0 Å². The van der Waals surface area contributed by atoms with Gasteiger partial charge >= 0.3 is 10.4 Å². The van der Waals surface area contributed by atoms with Crippen molar-refractivity contribution in [2.75, 3.05) is 26.4 Å². The number of rotatable bonds is 8. The standard InChI is InChI=1S/C6H14O6S.Na/c1-3-9-5-6-10-12-13(7,8)11-4-2;/h3-6H2,1-2H3;. The van der Waals surface area contributed by atoms with Crippen LogP contribution in [0, 0.1) is 0 Å². The van der Waals surface area contributed by atoms with Crippen molar-refractivity contribution < 1.29 is 26.6 Å². The second-order valence-corrected chi connectivity index (χ2v) is 3.09. The van der Waals surface area contributed by atoms with Crippen molar-refractivity contribution in [3.8, 4) is 0 Å². The van der Waals surface area contributed by atoms with E-state index in [0.717, 1.165) is 0 Å².